The van der Waals surface area contributed by atoms with Crippen molar-refractivity contribution in [1.29, 1.82) is 0 Å². The maximum Gasteiger partial charge on any atom is 0.139 e. The fourth-order valence-corrected chi connectivity index (χ4v) is 5.80. The third kappa shape index (κ3) is 4.33. The number of pyridine rings is 2. The summed E-state index contributed by atoms with van der Waals surface area (Å²) in [6, 6.07) is 5.31. The second kappa shape index (κ2) is 9.60. The van der Waals surface area contributed by atoms with E-state index >= 15 is 0 Å². The van der Waals surface area contributed by atoms with Gasteiger partial charge in [-0.3, -0.25) is 0 Å². The third-order valence-electron chi connectivity index (χ3n) is 7.66. The fourth-order valence-electron chi connectivity index (χ4n) is 5.80. The summed E-state index contributed by atoms with van der Waals surface area (Å²) in [6.07, 6.45) is 22.6. The number of aromatic nitrogens is 6. The molecule has 182 valence electrons. The highest BCUT2D eigenvalue weighted by Crippen LogP contribution is 2.33. The van der Waals surface area contributed by atoms with Crippen LogP contribution in [0.25, 0.3) is 33.1 Å². The molecular weight excluding hydrogens is 436 g/mol. The van der Waals surface area contributed by atoms with Gasteiger partial charge in [0.1, 0.15) is 16.8 Å². The minimum Gasteiger partial charge on any atom is -0.396 e. The molecule has 0 unspecified atom stereocenters. The van der Waals surface area contributed by atoms with Crippen molar-refractivity contribution < 1.29 is 0 Å². The van der Waals surface area contributed by atoms with Crippen LogP contribution in [0.5, 0.6) is 0 Å². The van der Waals surface area contributed by atoms with Gasteiger partial charge in [-0.2, -0.15) is 0 Å². The highest BCUT2D eigenvalue weighted by atomic mass is 15.1. The molecule has 7 rings (SSSR count). The highest BCUT2D eigenvalue weighted by Gasteiger charge is 2.19. The first-order valence-corrected chi connectivity index (χ1v) is 13.0. The molecule has 0 aromatic carbocycles. The number of imidazole rings is 1. The lowest BCUT2D eigenvalue weighted by atomic mass is 9.95. The second-order valence-electron chi connectivity index (χ2n) is 9.98. The Morgan fingerprint density at radius 2 is 1.46 bits per heavy atom. The largest absolute Gasteiger partial charge is 0.396 e. The Morgan fingerprint density at radius 1 is 0.800 bits per heavy atom. The molecule has 0 bridgehead atoms. The molecule has 2 aliphatic carbocycles. The standard InChI is InChI=1S/C14H16N4.C13H18N4/c1-2-4-10(5-3-1)18-9-17-12-8-16-14-11(13(12)18)6-7-15-14;14-11-8-16-13-10(6-7-15-13)12(11)17-9-4-2-1-3-5-9/h6-10H,1-5H2,(H,15,16);6-9H,1-5,14H2,(H2,15,16,17). The first-order valence-electron chi connectivity index (χ1n) is 13.0. The minimum absolute atomic E-state index is 0.562. The lowest BCUT2D eigenvalue weighted by Crippen LogP contribution is -2.23. The van der Waals surface area contributed by atoms with Gasteiger partial charge in [-0.05, 0) is 37.8 Å². The smallest absolute Gasteiger partial charge is 0.139 e. The predicted octanol–water partition coefficient (Wildman–Crippen LogP) is 6.31. The number of anilines is 2. The van der Waals surface area contributed by atoms with Crippen LogP contribution in [0.4, 0.5) is 11.4 Å². The number of fused-ring (bicyclic) bond motifs is 4. The Morgan fingerprint density at radius 3 is 2.23 bits per heavy atom. The predicted molar refractivity (Wildman–Crippen MR) is 143 cm³/mol. The quantitative estimate of drug-likeness (QED) is 0.247. The average Bonchev–Trinajstić information content (AvgIpc) is 3.66. The van der Waals surface area contributed by atoms with Crippen molar-refractivity contribution in [3.63, 3.8) is 0 Å². The van der Waals surface area contributed by atoms with Gasteiger partial charge >= 0.3 is 0 Å². The summed E-state index contributed by atoms with van der Waals surface area (Å²) in [6.45, 7) is 0. The number of rotatable bonds is 3. The van der Waals surface area contributed by atoms with Gasteiger partial charge in [-0.15, -0.1) is 0 Å². The number of nitrogens with one attached hydrogen (secondary N) is 3. The van der Waals surface area contributed by atoms with Crippen molar-refractivity contribution in [2.24, 2.45) is 0 Å². The van der Waals surface area contributed by atoms with Crippen molar-refractivity contribution >= 4 is 44.5 Å². The molecule has 8 heteroatoms. The zero-order chi connectivity index (χ0) is 23.6. The van der Waals surface area contributed by atoms with Crippen molar-refractivity contribution in [2.45, 2.75) is 76.3 Å². The summed E-state index contributed by atoms with van der Waals surface area (Å²) in [5.74, 6) is 0. The first-order chi connectivity index (χ1) is 17.3. The van der Waals surface area contributed by atoms with Crippen LogP contribution < -0.4 is 11.1 Å². The van der Waals surface area contributed by atoms with Crippen molar-refractivity contribution in [3.8, 4) is 0 Å². The molecule has 2 saturated carbocycles. The summed E-state index contributed by atoms with van der Waals surface area (Å²) >= 11 is 0. The van der Waals surface area contributed by atoms with Crippen LogP contribution >= 0.6 is 0 Å². The summed E-state index contributed by atoms with van der Waals surface area (Å²) in [7, 11) is 0. The minimum atomic E-state index is 0.562. The molecule has 0 radical (unpaired) electrons. The van der Waals surface area contributed by atoms with Gasteiger partial charge in [0.2, 0.25) is 0 Å². The van der Waals surface area contributed by atoms with E-state index in [0.29, 0.717) is 12.1 Å². The summed E-state index contributed by atoms with van der Waals surface area (Å²) < 4.78 is 2.37. The van der Waals surface area contributed by atoms with Gasteiger partial charge in [-0.25, -0.2) is 15.0 Å². The number of hydrogen-bond acceptors (Lipinski definition) is 5. The molecule has 0 amide bonds. The van der Waals surface area contributed by atoms with Gasteiger partial charge in [0.15, 0.2) is 0 Å². The normalized spacial score (nSPS) is 17.6. The lowest BCUT2D eigenvalue weighted by molar-refractivity contribution is 0.360. The fraction of sp³-hybridized carbons (Fsp3) is 0.444. The van der Waals surface area contributed by atoms with Crippen molar-refractivity contribution in [1.82, 2.24) is 29.5 Å². The summed E-state index contributed by atoms with van der Waals surface area (Å²) in [5.41, 5.74) is 11.9. The van der Waals surface area contributed by atoms with E-state index in [9.17, 15) is 0 Å². The molecule has 5 aromatic heterocycles. The van der Waals surface area contributed by atoms with Crippen LogP contribution in [0, 0.1) is 0 Å². The van der Waals surface area contributed by atoms with Gasteiger partial charge in [-0.1, -0.05) is 38.5 Å². The van der Waals surface area contributed by atoms with E-state index in [-0.39, 0.29) is 0 Å². The summed E-state index contributed by atoms with van der Waals surface area (Å²) in [5, 5.41) is 5.88. The van der Waals surface area contributed by atoms with Gasteiger partial charge in [0.25, 0.3) is 0 Å². The monoisotopic (exact) mass is 470 g/mol. The number of nitrogens with two attached hydrogens (primary N) is 1. The molecule has 2 fully saturated rings. The van der Waals surface area contributed by atoms with Crippen LogP contribution in [-0.4, -0.2) is 35.5 Å². The third-order valence-corrected chi connectivity index (χ3v) is 7.66. The van der Waals surface area contributed by atoms with Crippen LogP contribution in [0.3, 0.4) is 0 Å². The highest BCUT2D eigenvalue weighted by molar-refractivity contribution is 6.01. The number of H-pyrrole nitrogens is 2. The van der Waals surface area contributed by atoms with E-state index in [4.69, 9.17) is 5.73 Å². The Labute approximate surface area is 204 Å². The van der Waals surface area contributed by atoms with Crippen LogP contribution in [0.2, 0.25) is 0 Å². The van der Waals surface area contributed by atoms with Gasteiger partial charge < -0.3 is 25.6 Å². The SMILES string of the molecule is Nc1cnc2[nH]ccc2c1NC1CCCCC1.c1cc2c(ncc3ncn(C4CCCCC4)c32)[nH]1. The van der Waals surface area contributed by atoms with E-state index in [2.05, 4.69) is 40.9 Å². The Hall–Kier alpha value is -3.55. The maximum atomic E-state index is 6.02. The Balaban J connectivity index is 0.000000131. The van der Waals surface area contributed by atoms with E-state index in [0.717, 1.165) is 33.6 Å². The molecule has 8 nitrogen and oxygen atoms in total. The molecular formula is C27H34N8. The molecule has 5 heterocycles. The van der Waals surface area contributed by atoms with E-state index in [1.54, 1.807) is 6.20 Å². The number of nitrogens with zero attached hydrogens (tertiary/aromatic N) is 4. The zero-order valence-electron chi connectivity index (χ0n) is 20.1. The first kappa shape index (κ1) is 21.9. The molecule has 0 saturated heterocycles. The van der Waals surface area contributed by atoms with Crippen molar-refractivity contribution in [3.05, 3.63) is 43.2 Å². The number of aromatic amines is 2. The second-order valence-corrected chi connectivity index (χ2v) is 9.98. The van der Waals surface area contributed by atoms with E-state index in [1.165, 1.54) is 75.1 Å². The molecule has 0 spiro atoms. The average molecular weight is 471 g/mol. The molecule has 35 heavy (non-hydrogen) atoms. The Bertz CT molecular complexity index is 1420. The Kier molecular flexibility index (Phi) is 6.02. The molecule has 0 aliphatic heterocycles. The lowest BCUT2D eigenvalue weighted by Gasteiger charge is -2.24. The molecule has 5 aromatic rings. The molecule has 2 aliphatic rings. The summed E-state index contributed by atoms with van der Waals surface area (Å²) in [4.78, 5) is 19.5. The van der Waals surface area contributed by atoms with Gasteiger partial charge in [0.05, 0.1) is 35.6 Å². The van der Waals surface area contributed by atoms with Crippen LogP contribution in [0.15, 0.2) is 43.2 Å². The molecule has 5 N–H and O–H groups in total. The van der Waals surface area contributed by atoms with E-state index < -0.39 is 0 Å². The van der Waals surface area contributed by atoms with Crippen LogP contribution in [0.1, 0.15) is 70.3 Å². The maximum absolute atomic E-state index is 6.02. The van der Waals surface area contributed by atoms with Crippen LogP contribution in [-0.2, 0) is 0 Å². The number of nitrogen functional groups attached to an aromatic ring is 1. The number of hydrogen-bond donors (Lipinski definition) is 4. The van der Waals surface area contributed by atoms with Gasteiger partial charge in [0, 0.05) is 35.2 Å². The van der Waals surface area contributed by atoms with Crippen molar-refractivity contribution in [2.75, 3.05) is 11.1 Å². The zero-order valence-corrected chi connectivity index (χ0v) is 20.1. The molecule has 0 atom stereocenters. The topological polar surface area (TPSA) is 113 Å². The van der Waals surface area contributed by atoms with E-state index in [1.807, 2.05) is 31.0 Å².